The van der Waals surface area contributed by atoms with Crippen LogP contribution in [0, 0.1) is 0 Å². The summed E-state index contributed by atoms with van der Waals surface area (Å²) >= 11 is 0. The Hall–Kier alpha value is -6.02. The zero-order valence-corrected chi connectivity index (χ0v) is 22.3. The van der Waals surface area contributed by atoms with E-state index in [0.29, 0.717) is 22.4 Å². The summed E-state index contributed by atoms with van der Waals surface area (Å²) in [6.45, 7) is 10.2. The van der Waals surface area contributed by atoms with Crippen molar-refractivity contribution in [2.24, 2.45) is 0 Å². The summed E-state index contributed by atoms with van der Waals surface area (Å²) in [5.74, 6) is -1.18. The number of carbonyl (C=O) groups excluding carboxylic acids is 4. The number of hydrogen-bond donors (Lipinski definition) is 0. The average molecular weight is 561 g/mol. The number of ether oxygens (including phenoxy) is 4. The van der Waals surface area contributed by atoms with Crippen LogP contribution in [0.1, 0.15) is 10.4 Å². The lowest BCUT2D eigenvalue weighted by atomic mass is 9.98. The minimum absolute atomic E-state index is 0.267. The molecule has 8 nitrogen and oxygen atoms in total. The Morgan fingerprint density at radius 1 is 0.476 bits per heavy atom. The van der Waals surface area contributed by atoms with Gasteiger partial charge in [-0.25, -0.2) is 19.2 Å². The Balaban J connectivity index is 1.53. The van der Waals surface area contributed by atoms with Gasteiger partial charge in [0.05, 0.1) is 5.56 Å². The first kappa shape index (κ1) is 29.0. The molecule has 42 heavy (non-hydrogen) atoms. The molecule has 0 aromatic heterocycles. The topological polar surface area (TPSA) is 105 Å². The monoisotopic (exact) mass is 560 g/mol. The third kappa shape index (κ3) is 7.34. The molecular formula is C34H24O8. The normalized spacial score (nSPS) is 10.1. The summed E-state index contributed by atoms with van der Waals surface area (Å²) in [5.41, 5.74) is 3.12. The molecule has 0 aliphatic rings. The number of rotatable bonds is 10. The van der Waals surface area contributed by atoms with Crippen molar-refractivity contribution >= 4 is 23.9 Å². The molecule has 4 aromatic rings. The molecule has 0 heterocycles. The van der Waals surface area contributed by atoms with E-state index >= 15 is 0 Å². The van der Waals surface area contributed by atoms with Crippen molar-refractivity contribution in [2.45, 2.75) is 0 Å². The summed E-state index contributed by atoms with van der Waals surface area (Å²) in [4.78, 5) is 47.5. The molecule has 0 saturated carbocycles. The first-order valence-corrected chi connectivity index (χ1v) is 12.5. The summed E-state index contributed by atoms with van der Waals surface area (Å²) in [7, 11) is 0. The van der Waals surface area contributed by atoms with Crippen molar-refractivity contribution in [2.75, 3.05) is 0 Å². The Morgan fingerprint density at radius 2 is 0.905 bits per heavy atom. The minimum atomic E-state index is -0.634. The van der Waals surface area contributed by atoms with E-state index in [-0.39, 0.29) is 17.2 Å². The van der Waals surface area contributed by atoms with Crippen LogP contribution in [0.3, 0.4) is 0 Å². The van der Waals surface area contributed by atoms with E-state index in [4.69, 9.17) is 18.9 Å². The number of carbonyl (C=O) groups is 4. The molecule has 8 heteroatoms. The number of esters is 4. The van der Waals surface area contributed by atoms with E-state index in [1.165, 1.54) is 24.3 Å². The Labute approximate surface area is 241 Å². The predicted octanol–water partition coefficient (Wildman–Crippen LogP) is 6.51. The van der Waals surface area contributed by atoms with Crippen LogP contribution < -0.4 is 18.9 Å². The van der Waals surface area contributed by atoms with Crippen LogP contribution in [0.4, 0.5) is 0 Å². The zero-order valence-electron chi connectivity index (χ0n) is 22.3. The lowest BCUT2D eigenvalue weighted by Gasteiger charge is -2.13. The van der Waals surface area contributed by atoms with Gasteiger partial charge in [-0.1, -0.05) is 56.1 Å². The van der Waals surface area contributed by atoms with Gasteiger partial charge in [-0.2, -0.15) is 0 Å². The second-order valence-electron chi connectivity index (χ2n) is 8.55. The van der Waals surface area contributed by atoms with E-state index in [0.717, 1.165) is 29.4 Å². The Bertz CT molecular complexity index is 1660. The van der Waals surface area contributed by atoms with Crippen molar-refractivity contribution in [3.8, 4) is 45.3 Å². The molecule has 0 amide bonds. The van der Waals surface area contributed by atoms with Gasteiger partial charge in [0.2, 0.25) is 0 Å². The smallest absolute Gasteiger partial charge is 0.343 e. The van der Waals surface area contributed by atoms with Gasteiger partial charge in [0.25, 0.3) is 0 Å². The molecule has 0 aliphatic carbocycles. The molecule has 4 aromatic carbocycles. The second-order valence-corrected chi connectivity index (χ2v) is 8.55. The summed E-state index contributed by atoms with van der Waals surface area (Å²) in [6, 6.07) is 24.8. The van der Waals surface area contributed by atoms with E-state index in [1.807, 2.05) is 6.07 Å². The molecule has 4 rings (SSSR count). The fourth-order valence-electron chi connectivity index (χ4n) is 3.73. The van der Waals surface area contributed by atoms with Crippen LogP contribution in [0.5, 0.6) is 23.0 Å². The lowest BCUT2D eigenvalue weighted by Crippen LogP contribution is -2.08. The van der Waals surface area contributed by atoms with Crippen molar-refractivity contribution in [3.63, 3.8) is 0 Å². The van der Waals surface area contributed by atoms with Gasteiger partial charge in [-0.3, -0.25) is 0 Å². The van der Waals surface area contributed by atoms with Crippen molar-refractivity contribution in [3.05, 3.63) is 135 Å². The fourth-order valence-corrected chi connectivity index (χ4v) is 3.73. The van der Waals surface area contributed by atoms with E-state index in [2.05, 4.69) is 19.7 Å². The van der Waals surface area contributed by atoms with E-state index in [1.54, 1.807) is 60.7 Å². The van der Waals surface area contributed by atoms with Gasteiger partial charge in [0.1, 0.15) is 23.0 Å². The number of hydrogen-bond acceptors (Lipinski definition) is 8. The third-order valence-electron chi connectivity index (χ3n) is 5.78. The molecule has 0 aliphatic heterocycles. The Morgan fingerprint density at radius 3 is 1.43 bits per heavy atom. The fraction of sp³-hybridized carbons (Fsp3) is 0. The third-order valence-corrected chi connectivity index (χ3v) is 5.78. The highest BCUT2D eigenvalue weighted by molar-refractivity contribution is 5.92. The molecule has 0 atom stereocenters. The lowest BCUT2D eigenvalue weighted by molar-refractivity contribution is -0.129. The van der Waals surface area contributed by atoms with Crippen LogP contribution in [0.2, 0.25) is 0 Å². The molecule has 0 bridgehead atoms. The SMILES string of the molecule is C=CC(=O)Oc1ccc(OC(=O)c2ccc(-c3ccc(-c4ccc(OC(=O)C=C)cc4)cc3OC(=O)C=C)cc2)cc1. The molecule has 0 spiro atoms. The largest absolute Gasteiger partial charge is 0.423 e. The predicted molar refractivity (Wildman–Crippen MR) is 156 cm³/mol. The summed E-state index contributed by atoms with van der Waals surface area (Å²) in [5, 5.41) is 0. The Kier molecular flexibility index (Phi) is 9.22. The van der Waals surface area contributed by atoms with Gasteiger partial charge in [0, 0.05) is 23.8 Å². The standard InChI is InChI=1S/C34H24O8/c1-4-31(35)39-26-14-11-22(12-15-26)25-13-20-29(30(21-25)42-33(37)6-3)23-7-9-24(10-8-23)34(38)41-28-18-16-27(17-19-28)40-32(36)5-2/h4-21H,1-3H2. The van der Waals surface area contributed by atoms with Crippen LogP contribution in [0.15, 0.2) is 129 Å². The molecule has 0 radical (unpaired) electrons. The van der Waals surface area contributed by atoms with Crippen LogP contribution >= 0.6 is 0 Å². The second kappa shape index (κ2) is 13.4. The van der Waals surface area contributed by atoms with Gasteiger partial charge in [0.15, 0.2) is 0 Å². The summed E-state index contributed by atoms with van der Waals surface area (Å²) in [6.07, 6.45) is 3.19. The van der Waals surface area contributed by atoms with Crippen LogP contribution in [0.25, 0.3) is 22.3 Å². The number of benzene rings is 4. The highest BCUT2D eigenvalue weighted by Gasteiger charge is 2.14. The highest BCUT2D eigenvalue weighted by Crippen LogP contribution is 2.35. The van der Waals surface area contributed by atoms with Gasteiger partial charge in [-0.15, -0.1) is 0 Å². The van der Waals surface area contributed by atoms with Crippen molar-refractivity contribution in [1.29, 1.82) is 0 Å². The van der Waals surface area contributed by atoms with Gasteiger partial charge < -0.3 is 18.9 Å². The van der Waals surface area contributed by atoms with Crippen molar-refractivity contribution < 1.29 is 38.1 Å². The van der Waals surface area contributed by atoms with Crippen LogP contribution in [-0.4, -0.2) is 23.9 Å². The van der Waals surface area contributed by atoms with Gasteiger partial charge >= 0.3 is 23.9 Å². The average Bonchev–Trinajstić information content (AvgIpc) is 3.02. The molecule has 0 unspecified atom stereocenters. The maximum atomic E-state index is 12.7. The molecule has 208 valence electrons. The first-order chi connectivity index (χ1) is 20.3. The van der Waals surface area contributed by atoms with E-state index in [9.17, 15) is 19.2 Å². The highest BCUT2D eigenvalue weighted by atomic mass is 16.5. The van der Waals surface area contributed by atoms with Gasteiger partial charge in [-0.05, 0) is 71.3 Å². The van der Waals surface area contributed by atoms with E-state index < -0.39 is 23.9 Å². The maximum absolute atomic E-state index is 12.7. The molecular weight excluding hydrogens is 536 g/mol. The minimum Gasteiger partial charge on any atom is -0.423 e. The molecule has 0 fully saturated rings. The summed E-state index contributed by atoms with van der Waals surface area (Å²) < 4.78 is 21.1. The molecule has 0 N–H and O–H groups in total. The quantitative estimate of drug-likeness (QED) is 0.123. The maximum Gasteiger partial charge on any atom is 0.343 e. The zero-order chi connectivity index (χ0) is 30.1. The molecule has 0 saturated heterocycles. The van der Waals surface area contributed by atoms with Crippen LogP contribution in [-0.2, 0) is 14.4 Å². The first-order valence-electron chi connectivity index (χ1n) is 12.5. The van der Waals surface area contributed by atoms with Crippen molar-refractivity contribution in [1.82, 2.24) is 0 Å².